The molecule has 1 fully saturated rings. The van der Waals surface area contributed by atoms with Gasteiger partial charge in [0.15, 0.2) is 0 Å². The number of aliphatic hydroxyl groups excluding tert-OH is 1. The van der Waals surface area contributed by atoms with E-state index < -0.39 is 16.1 Å². The van der Waals surface area contributed by atoms with Crippen LogP contribution in [0.2, 0.25) is 0 Å². The number of hydrogen-bond acceptors (Lipinski definition) is 5. The second-order valence-electron chi connectivity index (χ2n) is 8.60. The zero-order valence-electron chi connectivity index (χ0n) is 18.9. The molecule has 0 aliphatic carbocycles. The van der Waals surface area contributed by atoms with Crippen molar-refractivity contribution in [1.82, 2.24) is 0 Å². The van der Waals surface area contributed by atoms with Crippen molar-refractivity contribution < 1.29 is 23.0 Å². The third kappa shape index (κ3) is 4.89. The largest absolute Gasteiger partial charge is 0.488 e. The Morgan fingerprint density at radius 2 is 1.91 bits per heavy atom. The van der Waals surface area contributed by atoms with Gasteiger partial charge in [-0.05, 0) is 73.6 Å². The van der Waals surface area contributed by atoms with Gasteiger partial charge in [0.1, 0.15) is 17.9 Å². The second kappa shape index (κ2) is 10.2. The van der Waals surface area contributed by atoms with Crippen molar-refractivity contribution in [2.45, 2.75) is 56.1 Å². The van der Waals surface area contributed by atoms with E-state index in [0.29, 0.717) is 31.1 Å². The molecule has 0 saturated carbocycles. The molecule has 2 aliphatic heterocycles. The smallest absolute Gasteiger partial charge is 0.265 e. The number of benzene rings is 2. The highest BCUT2D eigenvalue weighted by atomic mass is 32.2. The summed E-state index contributed by atoms with van der Waals surface area (Å²) in [5.41, 5.74) is 2.84. The Balaban J connectivity index is 1.59. The third-order valence-corrected chi connectivity index (χ3v) is 8.43. The van der Waals surface area contributed by atoms with Crippen LogP contribution in [0.1, 0.15) is 37.3 Å². The molecule has 1 N–H and O–H groups in total. The number of anilines is 1. The zero-order valence-corrected chi connectivity index (χ0v) is 19.8. The Morgan fingerprint density at radius 1 is 1.18 bits per heavy atom. The number of terminal acetylenes is 1. The summed E-state index contributed by atoms with van der Waals surface area (Å²) in [7, 11) is -3.86. The Bertz CT molecular complexity index is 1100. The quantitative estimate of drug-likeness (QED) is 0.628. The van der Waals surface area contributed by atoms with Crippen LogP contribution >= 0.6 is 0 Å². The van der Waals surface area contributed by atoms with E-state index >= 15 is 0 Å². The first kappa shape index (κ1) is 23.6. The lowest BCUT2D eigenvalue weighted by atomic mass is 9.94. The number of sulfonamides is 1. The van der Waals surface area contributed by atoms with E-state index in [4.69, 9.17) is 15.9 Å². The van der Waals surface area contributed by atoms with E-state index in [-0.39, 0.29) is 23.5 Å². The van der Waals surface area contributed by atoms with Crippen molar-refractivity contribution in [3.63, 3.8) is 0 Å². The van der Waals surface area contributed by atoms with E-state index in [2.05, 4.69) is 18.9 Å². The summed E-state index contributed by atoms with van der Waals surface area (Å²) in [6, 6.07) is 11.8. The number of fused-ring (bicyclic) bond motifs is 1. The molecule has 2 aromatic carbocycles. The van der Waals surface area contributed by atoms with Gasteiger partial charge in [0.05, 0.1) is 17.2 Å². The summed E-state index contributed by atoms with van der Waals surface area (Å²) in [5.74, 6) is 3.40. The van der Waals surface area contributed by atoms with E-state index in [9.17, 15) is 13.5 Å². The molecule has 1 saturated heterocycles. The number of aliphatic hydroxyl groups is 1. The van der Waals surface area contributed by atoms with Gasteiger partial charge in [0, 0.05) is 19.1 Å². The first-order valence-corrected chi connectivity index (χ1v) is 13.0. The van der Waals surface area contributed by atoms with Crippen LogP contribution in [0.3, 0.4) is 0 Å². The van der Waals surface area contributed by atoms with E-state index in [1.807, 2.05) is 12.1 Å². The lowest BCUT2D eigenvalue weighted by Crippen LogP contribution is -2.43. The van der Waals surface area contributed by atoms with Gasteiger partial charge in [0.25, 0.3) is 10.0 Å². The molecule has 2 aromatic rings. The topological polar surface area (TPSA) is 76.1 Å². The number of aryl methyl sites for hydroxylation is 2. The Kier molecular flexibility index (Phi) is 7.28. The first-order chi connectivity index (χ1) is 16.0. The monoisotopic (exact) mass is 469 g/mol. The fraction of sp³-hybridized carbons (Fsp3) is 0.462. The van der Waals surface area contributed by atoms with E-state index in [1.165, 1.54) is 9.87 Å². The van der Waals surface area contributed by atoms with Crippen LogP contribution in [0.15, 0.2) is 47.4 Å². The molecule has 2 heterocycles. The van der Waals surface area contributed by atoms with Gasteiger partial charge in [-0.2, -0.15) is 0 Å². The van der Waals surface area contributed by atoms with Gasteiger partial charge in [-0.3, -0.25) is 4.31 Å². The normalized spacial score (nSPS) is 20.0. The zero-order chi connectivity index (χ0) is 23.4. The van der Waals surface area contributed by atoms with Crippen molar-refractivity contribution in [3.05, 3.63) is 53.6 Å². The van der Waals surface area contributed by atoms with E-state index in [0.717, 1.165) is 31.2 Å². The Hall–Kier alpha value is -2.53. The van der Waals surface area contributed by atoms with Crippen LogP contribution in [0.5, 0.6) is 5.75 Å². The number of hydrogen-bond donors (Lipinski definition) is 1. The summed E-state index contributed by atoms with van der Waals surface area (Å²) < 4.78 is 40.1. The Labute approximate surface area is 196 Å². The van der Waals surface area contributed by atoms with Crippen LogP contribution < -0.4 is 9.04 Å². The lowest BCUT2D eigenvalue weighted by Gasteiger charge is -2.35. The fourth-order valence-electron chi connectivity index (χ4n) is 4.65. The maximum atomic E-state index is 13.6. The summed E-state index contributed by atoms with van der Waals surface area (Å²) in [5, 5.41) is 9.79. The fourth-order valence-corrected chi connectivity index (χ4v) is 6.29. The average molecular weight is 470 g/mol. The van der Waals surface area contributed by atoms with Crippen molar-refractivity contribution in [1.29, 1.82) is 0 Å². The molecule has 4 rings (SSSR count). The van der Waals surface area contributed by atoms with Gasteiger partial charge >= 0.3 is 0 Å². The highest BCUT2D eigenvalue weighted by molar-refractivity contribution is 7.92. The summed E-state index contributed by atoms with van der Waals surface area (Å²) >= 11 is 0. The number of nitrogens with zero attached hydrogens (tertiary/aromatic N) is 1. The van der Waals surface area contributed by atoms with Gasteiger partial charge in [0.2, 0.25) is 0 Å². The first-order valence-electron chi connectivity index (χ1n) is 11.6. The molecule has 2 aliphatic rings. The van der Waals surface area contributed by atoms with Crippen LogP contribution in [-0.4, -0.2) is 45.5 Å². The van der Waals surface area contributed by atoms with Crippen LogP contribution in [0, 0.1) is 18.3 Å². The minimum atomic E-state index is -3.86. The van der Waals surface area contributed by atoms with E-state index in [1.54, 1.807) is 24.3 Å². The minimum Gasteiger partial charge on any atom is -0.488 e. The molecule has 176 valence electrons. The highest BCUT2D eigenvalue weighted by Gasteiger charge is 2.35. The van der Waals surface area contributed by atoms with Crippen LogP contribution in [-0.2, 0) is 27.6 Å². The van der Waals surface area contributed by atoms with Gasteiger partial charge < -0.3 is 14.6 Å². The van der Waals surface area contributed by atoms with Crippen molar-refractivity contribution >= 4 is 15.7 Å². The standard InChI is InChI=1S/C26H31NO5S/c1-3-19-5-12-25-21(17-19)6-7-22(4-2)27(25)33(29,30)24-10-8-23(9-11-24)32-26(18-28)20-13-15-31-16-14-20/h2,5,8-12,17,20,22,26,28H,3,6-7,13-16,18H2,1H3/t22-,26+/m0/s1. The number of ether oxygens (including phenoxy) is 2. The molecule has 0 aromatic heterocycles. The third-order valence-electron chi connectivity index (χ3n) is 6.59. The van der Waals surface area contributed by atoms with Gasteiger partial charge in [-0.15, -0.1) is 6.42 Å². The molecule has 0 unspecified atom stereocenters. The Morgan fingerprint density at radius 3 is 2.55 bits per heavy atom. The van der Waals surface area contributed by atoms with Crippen LogP contribution in [0.4, 0.5) is 5.69 Å². The molecule has 0 amide bonds. The molecule has 6 nitrogen and oxygen atoms in total. The molecule has 2 atom stereocenters. The van der Waals surface area contributed by atoms with Gasteiger partial charge in [-0.1, -0.05) is 25.0 Å². The molecule has 0 radical (unpaired) electrons. The summed E-state index contributed by atoms with van der Waals surface area (Å²) in [4.78, 5) is 0.161. The van der Waals surface area contributed by atoms with Crippen molar-refractivity contribution in [2.24, 2.45) is 5.92 Å². The summed E-state index contributed by atoms with van der Waals surface area (Å²) in [6.45, 7) is 3.30. The predicted molar refractivity (Wildman–Crippen MR) is 128 cm³/mol. The van der Waals surface area contributed by atoms with Crippen molar-refractivity contribution in [2.75, 3.05) is 24.1 Å². The molecule has 0 bridgehead atoms. The van der Waals surface area contributed by atoms with Crippen molar-refractivity contribution in [3.8, 4) is 18.1 Å². The molecular weight excluding hydrogens is 438 g/mol. The molecule has 0 spiro atoms. The molecule has 7 heteroatoms. The lowest BCUT2D eigenvalue weighted by molar-refractivity contribution is -0.00307. The molecular formula is C26H31NO5S. The van der Waals surface area contributed by atoms with Gasteiger partial charge in [-0.25, -0.2) is 8.42 Å². The second-order valence-corrected chi connectivity index (χ2v) is 10.4. The predicted octanol–water partition coefficient (Wildman–Crippen LogP) is 3.56. The maximum Gasteiger partial charge on any atom is 0.265 e. The average Bonchev–Trinajstić information content (AvgIpc) is 2.86. The maximum absolute atomic E-state index is 13.6. The number of rotatable bonds is 7. The minimum absolute atomic E-state index is 0.0983. The SMILES string of the molecule is C#C[C@H]1CCc2cc(CC)ccc2N1S(=O)(=O)c1ccc(O[C@H](CO)C2CCOCC2)cc1. The summed E-state index contributed by atoms with van der Waals surface area (Å²) in [6.07, 6.45) is 9.29. The highest BCUT2D eigenvalue weighted by Crippen LogP contribution is 2.36. The van der Waals surface area contributed by atoms with Crippen LogP contribution in [0.25, 0.3) is 0 Å². The molecule has 33 heavy (non-hydrogen) atoms.